The molecule has 40 heavy (non-hydrogen) atoms. The van der Waals surface area contributed by atoms with Gasteiger partial charge in [-0.05, 0) is 48.1 Å². The molecule has 3 aromatic rings. The van der Waals surface area contributed by atoms with Crippen LogP contribution in [-0.2, 0) is 33.8 Å². The van der Waals surface area contributed by atoms with Crippen LogP contribution in [0.2, 0.25) is 0 Å². The summed E-state index contributed by atoms with van der Waals surface area (Å²) in [6.07, 6.45) is 1.14. The van der Waals surface area contributed by atoms with E-state index in [9.17, 15) is 14.4 Å². The molecule has 0 bridgehead atoms. The van der Waals surface area contributed by atoms with Crippen LogP contribution < -0.4 is 10.6 Å². The van der Waals surface area contributed by atoms with Gasteiger partial charge < -0.3 is 15.4 Å². The molecule has 0 saturated heterocycles. The summed E-state index contributed by atoms with van der Waals surface area (Å²) in [4.78, 5) is 42.7. The fourth-order valence-electron chi connectivity index (χ4n) is 4.64. The second-order valence-electron chi connectivity index (χ2n) is 11.2. The number of nitrogens with zero attached hydrogens (tertiary/aromatic N) is 1. The van der Waals surface area contributed by atoms with Gasteiger partial charge in [0.25, 0.3) is 0 Å². The van der Waals surface area contributed by atoms with Crippen LogP contribution in [0, 0.1) is 5.41 Å². The number of nitrogens with one attached hydrogen (secondary N) is 2. The second-order valence-corrected chi connectivity index (χ2v) is 13.7. The van der Waals surface area contributed by atoms with Crippen LogP contribution in [0.1, 0.15) is 60.5 Å². The second kappa shape index (κ2) is 13.0. The molecule has 1 atom stereocenters. The third-order valence-electron chi connectivity index (χ3n) is 6.50. The Bertz CT molecular complexity index is 1360. The van der Waals surface area contributed by atoms with Gasteiger partial charge in [0.15, 0.2) is 0 Å². The number of anilines is 2. The number of thiophene rings is 1. The molecule has 2 heterocycles. The number of carbonyl (C=O) groups is 3. The summed E-state index contributed by atoms with van der Waals surface area (Å²) < 4.78 is 5.10. The lowest BCUT2D eigenvalue weighted by Crippen LogP contribution is -2.29. The number of benzene rings is 2. The molecule has 1 aliphatic rings. The highest BCUT2D eigenvalue weighted by atomic mass is 32.2. The molecule has 0 spiro atoms. The predicted molar refractivity (Wildman–Crippen MR) is 163 cm³/mol. The van der Waals surface area contributed by atoms with E-state index in [1.54, 1.807) is 0 Å². The summed E-state index contributed by atoms with van der Waals surface area (Å²) in [6, 6.07) is 17.8. The molecule has 0 saturated carbocycles. The quantitative estimate of drug-likeness (QED) is 0.220. The van der Waals surface area contributed by atoms with Crippen LogP contribution in [-0.4, -0.2) is 41.6 Å². The number of carbonyl (C=O) groups excluding carboxylic acids is 3. The van der Waals surface area contributed by atoms with Crippen molar-refractivity contribution in [3.8, 4) is 0 Å². The molecule has 1 aromatic heterocycles. The van der Waals surface area contributed by atoms with Crippen LogP contribution in [0.25, 0.3) is 0 Å². The van der Waals surface area contributed by atoms with E-state index in [0.717, 1.165) is 34.8 Å². The Balaban J connectivity index is 1.43. The molecule has 4 rings (SSSR count). The number of ether oxygens (including phenoxy) is 1. The Morgan fingerprint density at radius 2 is 1.82 bits per heavy atom. The van der Waals surface area contributed by atoms with Gasteiger partial charge in [0.2, 0.25) is 11.8 Å². The average Bonchev–Trinajstić information content (AvgIpc) is 3.24. The molecule has 7 nitrogen and oxygen atoms in total. The Hall–Kier alpha value is -3.14. The van der Waals surface area contributed by atoms with E-state index in [-0.39, 0.29) is 17.2 Å². The van der Waals surface area contributed by atoms with Crippen molar-refractivity contribution in [3.63, 3.8) is 0 Å². The highest BCUT2D eigenvalue weighted by Crippen LogP contribution is 2.38. The molecule has 2 aromatic carbocycles. The minimum atomic E-state index is -0.431. The van der Waals surface area contributed by atoms with Crippen LogP contribution in [0.5, 0.6) is 0 Å². The van der Waals surface area contributed by atoms with Gasteiger partial charge in [0.1, 0.15) is 5.00 Å². The zero-order valence-corrected chi connectivity index (χ0v) is 25.3. The molecule has 1 unspecified atom stereocenters. The van der Waals surface area contributed by atoms with E-state index in [4.69, 9.17) is 4.74 Å². The largest absolute Gasteiger partial charge is 0.465 e. The van der Waals surface area contributed by atoms with Crippen LogP contribution in [0.4, 0.5) is 10.7 Å². The van der Waals surface area contributed by atoms with Crippen molar-refractivity contribution in [2.75, 3.05) is 24.3 Å². The Labute approximate surface area is 244 Å². The number of rotatable bonds is 9. The van der Waals surface area contributed by atoms with Crippen molar-refractivity contribution in [3.05, 3.63) is 76.2 Å². The van der Waals surface area contributed by atoms with Crippen LogP contribution in [0.15, 0.2) is 59.5 Å². The van der Waals surface area contributed by atoms with E-state index >= 15 is 0 Å². The summed E-state index contributed by atoms with van der Waals surface area (Å²) in [7, 11) is 1.37. The predicted octanol–water partition coefficient (Wildman–Crippen LogP) is 6.59. The van der Waals surface area contributed by atoms with E-state index in [1.165, 1.54) is 35.8 Å². The Kier molecular flexibility index (Phi) is 9.71. The Morgan fingerprint density at radius 1 is 1.07 bits per heavy atom. The van der Waals surface area contributed by atoms with E-state index in [0.29, 0.717) is 29.2 Å². The summed E-state index contributed by atoms with van der Waals surface area (Å²) in [6.45, 7) is 10.3. The van der Waals surface area contributed by atoms with Gasteiger partial charge in [-0.3, -0.25) is 14.5 Å². The summed E-state index contributed by atoms with van der Waals surface area (Å²) >= 11 is 2.85. The first kappa shape index (κ1) is 29.8. The maximum absolute atomic E-state index is 13.3. The number of methoxy groups -OCH3 is 1. The first-order valence-electron chi connectivity index (χ1n) is 13.4. The van der Waals surface area contributed by atoms with Crippen molar-refractivity contribution in [1.29, 1.82) is 0 Å². The van der Waals surface area contributed by atoms with Crippen molar-refractivity contribution in [2.45, 2.75) is 63.8 Å². The lowest BCUT2D eigenvalue weighted by molar-refractivity contribution is -0.118. The summed E-state index contributed by atoms with van der Waals surface area (Å²) in [5.74, 6) is -0.667. The lowest BCUT2D eigenvalue weighted by Gasteiger charge is -2.27. The number of thioether (sulfide) groups is 1. The number of fused-ring (bicyclic) bond motifs is 1. The zero-order chi connectivity index (χ0) is 28.9. The smallest absolute Gasteiger partial charge is 0.341 e. The molecular weight excluding hydrogens is 542 g/mol. The number of hydrogen-bond acceptors (Lipinski definition) is 7. The molecule has 0 radical (unpaired) electrons. The molecule has 0 aliphatic carbocycles. The van der Waals surface area contributed by atoms with Crippen molar-refractivity contribution in [2.24, 2.45) is 5.41 Å². The van der Waals surface area contributed by atoms with Gasteiger partial charge in [-0.2, -0.15) is 0 Å². The van der Waals surface area contributed by atoms with Crippen LogP contribution >= 0.6 is 23.1 Å². The minimum Gasteiger partial charge on any atom is -0.465 e. The highest BCUT2D eigenvalue weighted by Gasteiger charge is 2.30. The molecule has 1 aliphatic heterocycles. The fraction of sp³-hybridized carbons (Fsp3) is 0.387. The monoisotopic (exact) mass is 579 g/mol. The van der Waals surface area contributed by atoms with Gasteiger partial charge in [0, 0.05) is 41.5 Å². The third-order valence-corrected chi connectivity index (χ3v) is 8.73. The van der Waals surface area contributed by atoms with Crippen molar-refractivity contribution in [1.82, 2.24) is 4.90 Å². The van der Waals surface area contributed by atoms with Gasteiger partial charge in [-0.1, -0.05) is 57.2 Å². The van der Waals surface area contributed by atoms with E-state index < -0.39 is 11.2 Å². The zero-order valence-electron chi connectivity index (χ0n) is 23.7. The Morgan fingerprint density at radius 3 is 2.52 bits per heavy atom. The first-order valence-corrected chi connectivity index (χ1v) is 15.1. The average molecular weight is 580 g/mol. The normalized spacial score (nSPS) is 14.2. The van der Waals surface area contributed by atoms with Gasteiger partial charge in [0.05, 0.1) is 17.9 Å². The molecule has 0 fully saturated rings. The van der Waals surface area contributed by atoms with Gasteiger partial charge >= 0.3 is 5.97 Å². The molecule has 2 N–H and O–H groups in total. The first-order chi connectivity index (χ1) is 19.0. The van der Waals surface area contributed by atoms with Gasteiger partial charge in [-0.25, -0.2) is 4.79 Å². The van der Waals surface area contributed by atoms with E-state index in [1.807, 2.05) is 70.2 Å². The fourth-order valence-corrected chi connectivity index (χ4v) is 6.85. The molecule has 212 valence electrons. The molecular formula is C31H37N3O4S2. The highest BCUT2D eigenvalue weighted by molar-refractivity contribution is 8.00. The maximum Gasteiger partial charge on any atom is 0.341 e. The standard InChI is InChI=1S/C31H37N3O4S2/c1-20(39-23-13-9-12-22(16-23)32-26(35)17-31(2,3)4)28(36)33-29-27(30(37)38-5)24-14-15-34(19-25(24)40-29)18-21-10-7-6-8-11-21/h6-13,16,20H,14-15,17-19H2,1-5H3,(H,32,35)(H,33,36). The number of esters is 1. The summed E-state index contributed by atoms with van der Waals surface area (Å²) in [5, 5.41) is 6.07. The summed E-state index contributed by atoms with van der Waals surface area (Å²) in [5.41, 5.74) is 3.28. The van der Waals surface area contributed by atoms with Crippen LogP contribution in [0.3, 0.4) is 0 Å². The SMILES string of the molecule is COC(=O)c1c(NC(=O)C(C)Sc2cccc(NC(=O)CC(C)(C)C)c2)sc2c1CCN(Cc1ccccc1)C2. The molecule has 9 heteroatoms. The minimum absolute atomic E-state index is 0.0419. The number of amides is 2. The lowest BCUT2D eigenvalue weighted by atomic mass is 9.92. The van der Waals surface area contributed by atoms with Crippen molar-refractivity contribution >= 4 is 51.6 Å². The third kappa shape index (κ3) is 7.96. The van der Waals surface area contributed by atoms with Crippen molar-refractivity contribution < 1.29 is 19.1 Å². The van der Waals surface area contributed by atoms with Gasteiger partial charge in [-0.15, -0.1) is 23.1 Å². The van der Waals surface area contributed by atoms with E-state index in [2.05, 4.69) is 27.7 Å². The maximum atomic E-state index is 13.3. The topological polar surface area (TPSA) is 87.7 Å². The molecule has 2 amide bonds. The number of hydrogen-bond donors (Lipinski definition) is 2.